The smallest absolute Gasteiger partial charge is 0.225 e. The summed E-state index contributed by atoms with van der Waals surface area (Å²) in [5.74, 6) is 1.55. The largest absolute Gasteiger partial charge is 0.338 e. The molecule has 4 nitrogen and oxygen atoms in total. The minimum Gasteiger partial charge on any atom is -0.338 e. The van der Waals surface area contributed by atoms with Crippen LogP contribution in [0.2, 0.25) is 4.34 Å². The van der Waals surface area contributed by atoms with Crippen molar-refractivity contribution in [1.29, 1.82) is 0 Å². The monoisotopic (exact) mass is 320 g/mol. The van der Waals surface area contributed by atoms with Crippen molar-refractivity contribution in [2.24, 2.45) is 0 Å². The standard InChI is InChI=1S/C15H17ClN4S/c16-14-4-3-13(21-14)12-9-20(6-5-17-12)15-18-7-11(8-19-15)10-1-2-10/h3-4,7-8,10,12,17H,1-2,5-6,9H2. The lowest BCUT2D eigenvalue weighted by Crippen LogP contribution is -2.46. The van der Waals surface area contributed by atoms with Crippen molar-refractivity contribution < 1.29 is 0 Å². The highest BCUT2D eigenvalue weighted by Gasteiger charge is 2.26. The van der Waals surface area contributed by atoms with Crippen LogP contribution in [0, 0.1) is 0 Å². The van der Waals surface area contributed by atoms with Crippen LogP contribution < -0.4 is 10.2 Å². The highest BCUT2D eigenvalue weighted by molar-refractivity contribution is 7.16. The number of halogens is 1. The number of hydrogen-bond donors (Lipinski definition) is 1. The normalized spacial score (nSPS) is 22.5. The Bertz CT molecular complexity index is 623. The van der Waals surface area contributed by atoms with E-state index < -0.39 is 0 Å². The van der Waals surface area contributed by atoms with Crippen LogP contribution in [-0.4, -0.2) is 29.6 Å². The van der Waals surface area contributed by atoms with Crippen LogP contribution in [0.4, 0.5) is 5.95 Å². The van der Waals surface area contributed by atoms with Crippen molar-refractivity contribution in [1.82, 2.24) is 15.3 Å². The van der Waals surface area contributed by atoms with Gasteiger partial charge in [0.15, 0.2) is 0 Å². The minimum absolute atomic E-state index is 0.308. The lowest BCUT2D eigenvalue weighted by Gasteiger charge is -2.33. The Balaban J connectivity index is 1.49. The van der Waals surface area contributed by atoms with E-state index in [9.17, 15) is 0 Å². The summed E-state index contributed by atoms with van der Waals surface area (Å²) in [6.45, 7) is 2.77. The summed E-state index contributed by atoms with van der Waals surface area (Å²) in [6, 6.07) is 4.37. The van der Waals surface area contributed by atoms with Crippen LogP contribution in [0.25, 0.3) is 0 Å². The van der Waals surface area contributed by atoms with E-state index in [4.69, 9.17) is 11.6 Å². The molecule has 110 valence electrons. The quantitative estimate of drug-likeness (QED) is 0.942. The first-order chi connectivity index (χ1) is 10.3. The number of piperazine rings is 1. The first kappa shape index (κ1) is 13.5. The molecule has 2 aromatic rings. The van der Waals surface area contributed by atoms with Crippen molar-refractivity contribution in [3.8, 4) is 0 Å². The van der Waals surface area contributed by atoms with Crippen LogP contribution in [-0.2, 0) is 0 Å². The molecule has 1 unspecified atom stereocenters. The number of rotatable bonds is 3. The molecule has 1 aliphatic carbocycles. The van der Waals surface area contributed by atoms with E-state index in [0.717, 1.165) is 29.9 Å². The molecule has 1 atom stereocenters. The highest BCUT2D eigenvalue weighted by Crippen LogP contribution is 2.39. The Morgan fingerprint density at radius 1 is 1.24 bits per heavy atom. The molecule has 3 heterocycles. The Labute approximate surface area is 133 Å². The molecule has 1 N–H and O–H groups in total. The maximum absolute atomic E-state index is 6.04. The molecule has 1 saturated heterocycles. The molecule has 2 fully saturated rings. The molecule has 0 bridgehead atoms. The van der Waals surface area contributed by atoms with Gasteiger partial charge in [0.2, 0.25) is 5.95 Å². The molecule has 6 heteroatoms. The number of anilines is 1. The number of hydrogen-bond acceptors (Lipinski definition) is 5. The van der Waals surface area contributed by atoms with Crippen molar-refractivity contribution in [3.63, 3.8) is 0 Å². The third kappa shape index (κ3) is 2.91. The van der Waals surface area contributed by atoms with E-state index in [-0.39, 0.29) is 0 Å². The van der Waals surface area contributed by atoms with Gasteiger partial charge in [-0.25, -0.2) is 9.97 Å². The van der Waals surface area contributed by atoms with E-state index >= 15 is 0 Å². The fraction of sp³-hybridized carbons (Fsp3) is 0.467. The van der Waals surface area contributed by atoms with Gasteiger partial charge in [-0.3, -0.25) is 0 Å². The van der Waals surface area contributed by atoms with Gasteiger partial charge in [-0.1, -0.05) is 11.6 Å². The van der Waals surface area contributed by atoms with Crippen LogP contribution in [0.15, 0.2) is 24.5 Å². The molecule has 0 amide bonds. The average molecular weight is 321 g/mol. The van der Waals surface area contributed by atoms with Gasteiger partial charge >= 0.3 is 0 Å². The van der Waals surface area contributed by atoms with E-state index in [1.165, 1.54) is 23.3 Å². The van der Waals surface area contributed by atoms with Gasteiger partial charge in [-0.2, -0.15) is 0 Å². The Morgan fingerprint density at radius 3 is 2.71 bits per heavy atom. The van der Waals surface area contributed by atoms with Crippen LogP contribution in [0.1, 0.15) is 35.2 Å². The summed E-state index contributed by atoms with van der Waals surface area (Å²) in [5, 5.41) is 3.54. The molecular weight excluding hydrogens is 304 g/mol. The summed E-state index contributed by atoms with van der Waals surface area (Å²) in [7, 11) is 0. The number of thiophene rings is 1. The van der Waals surface area contributed by atoms with E-state index in [2.05, 4.69) is 26.3 Å². The molecule has 0 aromatic carbocycles. The van der Waals surface area contributed by atoms with E-state index in [0.29, 0.717) is 12.0 Å². The van der Waals surface area contributed by atoms with Crippen molar-refractivity contribution >= 4 is 28.9 Å². The molecule has 2 aliphatic rings. The zero-order valence-corrected chi connectivity index (χ0v) is 13.2. The summed E-state index contributed by atoms with van der Waals surface area (Å²) in [6.07, 6.45) is 6.58. The maximum atomic E-state index is 6.04. The second-order valence-corrected chi connectivity index (χ2v) is 7.43. The van der Waals surface area contributed by atoms with Crippen LogP contribution in [0.5, 0.6) is 0 Å². The van der Waals surface area contributed by atoms with Gasteiger partial charge < -0.3 is 10.2 Å². The summed E-state index contributed by atoms with van der Waals surface area (Å²) >= 11 is 7.68. The number of nitrogens with one attached hydrogen (secondary N) is 1. The molecule has 2 aromatic heterocycles. The predicted molar refractivity (Wildman–Crippen MR) is 86.3 cm³/mol. The van der Waals surface area contributed by atoms with E-state index in [1.807, 2.05) is 18.5 Å². The third-order valence-electron chi connectivity index (χ3n) is 4.10. The second-order valence-electron chi connectivity index (χ2n) is 5.69. The summed E-state index contributed by atoms with van der Waals surface area (Å²) in [5.41, 5.74) is 1.29. The average Bonchev–Trinajstić information content (AvgIpc) is 3.29. The molecular formula is C15H17ClN4S. The summed E-state index contributed by atoms with van der Waals surface area (Å²) < 4.78 is 0.842. The molecule has 21 heavy (non-hydrogen) atoms. The summed E-state index contributed by atoms with van der Waals surface area (Å²) in [4.78, 5) is 12.7. The van der Waals surface area contributed by atoms with Gasteiger partial charge in [-0.15, -0.1) is 11.3 Å². The molecule has 4 rings (SSSR count). The van der Waals surface area contributed by atoms with Crippen LogP contribution >= 0.6 is 22.9 Å². The Kier molecular flexibility index (Phi) is 3.57. The zero-order valence-electron chi connectivity index (χ0n) is 11.6. The van der Waals surface area contributed by atoms with Gasteiger partial charge in [0.25, 0.3) is 0 Å². The second kappa shape index (κ2) is 5.55. The van der Waals surface area contributed by atoms with Crippen molar-refractivity contribution in [2.75, 3.05) is 24.5 Å². The minimum atomic E-state index is 0.308. The Hall–Kier alpha value is -1.17. The lowest BCUT2D eigenvalue weighted by atomic mass is 10.2. The molecule has 0 radical (unpaired) electrons. The van der Waals surface area contributed by atoms with E-state index in [1.54, 1.807) is 11.3 Å². The molecule has 1 aliphatic heterocycles. The first-order valence-electron chi connectivity index (χ1n) is 7.35. The first-order valence-corrected chi connectivity index (χ1v) is 8.54. The molecule has 1 saturated carbocycles. The topological polar surface area (TPSA) is 41.1 Å². The van der Waals surface area contributed by atoms with Gasteiger partial charge in [0, 0.05) is 36.9 Å². The number of aromatic nitrogens is 2. The Morgan fingerprint density at radius 2 is 2.05 bits per heavy atom. The SMILES string of the molecule is Clc1ccc(C2CN(c3ncc(C4CC4)cn3)CCN2)s1. The highest BCUT2D eigenvalue weighted by atomic mass is 35.5. The lowest BCUT2D eigenvalue weighted by molar-refractivity contribution is 0.472. The molecule has 0 spiro atoms. The zero-order chi connectivity index (χ0) is 14.2. The predicted octanol–water partition coefficient (Wildman–Crippen LogP) is 3.22. The van der Waals surface area contributed by atoms with Crippen molar-refractivity contribution in [2.45, 2.75) is 24.8 Å². The van der Waals surface area contributed by atoms with Gasteiger partial charge in [0.05, 0.1) is 10.4 Å². The van der Waals surface area contributed by atoms with Crippen LogP contribution in [0.3, 0.4) is 0 Å². The van der Waals surface area contributed by atoms with Crippen molar-refractivity contribution in [3.05, 3.63) is 39.3 Å². The third-order valence-corrected chi connectivity index (χ3v) is 5.45. The maximum Gasteiger partial charge on any atom is 0.225 e. The number of nitrogens with zero attached hydrogens (tertiary/aromatic N) is 3. The fourth-order valence-electron chi connectivity index (χ4n) is 2.76. The van der Waals surface area contributed by atoms with Gasteiger partial charge in [0.1, 0.15) is 0 Å². The van der Waals surface area contributed by atoms with Gasteiger partial charge in [-0.05, 0) is 36.5 Å². The fourth-order valence-corrected chi connectivity index (χ4v) is 3.89.